The molecule has 1 amide bonds. The number of phenols is 1. The zero-order valence-corrected chi connectivity index (χ0v) is 10.3. The topological polar surface area (TPSA) is 73.4 Å². The van der Waals surface area contributed by atoms with Crippen molar-refractivity contribution in [2.45, 2.75) is 6.92 Å². The molecule has 92 valence electrons. The summed E-state index contributed by atoms with van der Waals surface area (Å²) in [6, 6.07) is 6.67. The molecule has 0 radical (unpaired) electrons. The first-order valence-corrected chi connectivity index (χ1v) is 5.57. The van der Waals surface area contributed by atoms with Gasteiger partial charge in [-0.3, -0.25) is 4.79 Å². The maximum Gasteiger partial charge on any atom is 0.216 e. The third-order valence-electron chi connectivity index (χ3n) is 1.89. The molecule has 1 aromatic carbocycles. The van der Waals surface area contributed by atoms with Crippen LogP contribution in [-0.2, 0) is 4.79 Å². The van der Waals surface area contributed by atoms with Gasteiger partial charge in [-0.2, -0.15) is 0 Å². The maximum absolute atomic E-state index is 10.6. The molecule has 1 rings (SSSR count). The van der Waals surface area contributed by atoms with Gasteiger partial charge in [0.2, 0.25) is 5.91 Å². The second-order valence-corrected chi connectivity index (χ2v) is 3.82. The van der Waals surface area contributed by atoms with Gasteiger partial charge in [-0.1, -0.05) is 6.07 Å². The number of benzene rings is 1. The van der Waals surface area contributed by atoms with Crippen molar-refractivity contribution in [3.63, 3.8) is 0 Å². The number of anilines is 1. The fraction of sp³-hybridized carbons (Fsp3) is 0.273. The maximum atomic E-state index is 10.6. The molecule has 6 heteroatoms. The van der Waals surface area contributed by atoms with Crippen LogP contribution >= 0.6 is 12.2 Å². The first-order valence-electron chi connectivity index (χ1n) is 5.16. The Balaban J connectivity index is 2.27. The summed E-state index contributed by atoms with van der Waals surface area (Å²) in [5.74, 6) is 0.106. The van der Waals surface area contributed by atoms with Crippen LogP contribution in [0.15, 0.2) is 24.3 Å². The van der Waals surface area contributed by atoms with Crippen molar-refractivity contribution < 1.29 is 9.90 Å². The van der Waals surface area contributed by atoms with Gasteiger partial charge >= 0.3 is 0 Å². The molecular formula is C11H15N3O2S. The number of aromatic hydroxyl groups is 1. The van der Waals surface area contributed by atoms with Crippen LogP contribution in [-0.4, -0.2) is 29.2 Å². The molecule has 0 aliphatic carbocycles. The zero-order valence-electron chi connectivity index (χ0n) is 9.49. The van der Waals surface area contributed by atoms with Gasteiger partial charge in [0, 0.05) is 31.8 Å². The summed E-state index contributed by atoms with van der Waals surface area (Å²) < 4.78 is 0. The standard InChI is InChI=1S/C11H15N3O2S/c1-8(15)12-5-6-13-11(17)14-9-3-2-4-10(16)7-9/h2-4,7,16H,5-6H2,1H3,(H,12,15)(H2,13,14,17). The van der Waals surface area contributed by atoms with E-state index in [0.717, 1.165) is 0 Å². The molecular weight excluding hydrogens is 238 g/mol. The molecule has 0 bridgehead atoms. The van der Waals surface area contributed by atoms with Crippen LogP contribution in [0.1, 0.15) is 6.92 Å². The lowest BCUT2D eigenvalue weighted by Crippen LogP contribution is -2.35. The summed E-state index contributed by atoms with van der Waals surface area (Å²) in [6.45, 7) is 2.52. The Morgan fingerprint density at radius 2 is 2.06 bits per heavy atom. The highest BCUT2D eigenvalue weighted by Crippen LogP contribution is 2.14. The SMILES string of the molecule is CC(=O)NCCNC(=S)Nc1cccc(O)c1. The predicted octanol–water partition coefficient (Wildman–Crippen LogP) is 0.815. The fourth-order valence-electron chi connectivity index (χ4n) is 1.17. The number of carbonyl (C=O) groups is 1. The molecule has 0 heterocycles. The van der Waals surface area contributed by atoms with Gasteiger partial charge in [-0.05, 0) is 24.4 Å². The molecule has 0 fully saturated rings. The molecule has 0 spiro atoms. The van der Waals surface area contributed by atoms with E-state index in [4.69, 9.17) is 12.2 Å². The molecule has 4 N–H and O–H groups in total. The number of phenolic OH excluding ortho intramolecular Hbond substituents is 1. The van der Waals surface area contributed by atoms with Crippen LogP contribution in [0.3, 0.4) is 0 Å². The lowest BCUT2D eigenvalue weighted by Gasteiger charge is -2.10. The van der Waals surface area contributed by atoms with E-state index in [0.29, 0.717) is 23.9 Å². The molecule has 0 saturated carbocycles. The Morgan fingerprint density at radius 1 is 1.35 bits per heavy atom. The van der Waals surface area contributed by atoms with Gasteiger partial charge in [-0.15, -0.1) is 0 Å². The number of nitrogens with one attached hydrogen (secondary N) is 3. The third-order valence-corrected chi connectivity index (χ3v) is 2.13. The molecule has 0 aliphatic rings. The average molecular weight is 253 g/mol. The van der Waals surface area contributed by atoms with Crippen molar-refractivity contribution >= 4 is 28.9 Å². The number of thiocarbonyl (C=S) groups is 1. The van der Waals surface area contributed by atoms with Crippen molar-refractivity contribution in [3.8, 4) is 5.75 Å². The second-order valence-electron chi connectivity index (χ2n) is 3.41. The Kier molecular flexibility index (Phi) is 5.22. The molecule has 0 saturated heterocycles. The first-order chi connectivity index (χ1) is 8.08. The van der Waals surface area contributed by atoms with Crippen LogP contribution in [0.25, 0.3) is 0 Å². The average Bonchev–Trinajstić information content (AvgIpc) is 2.24. The van der Waals surface area contributed by atoms with Crippen molar-refractivity contribution in [3.05, 3.63) is 24.3 Å². The Hall–Kier alpha value is -1.82. The first kappa shape index (κ1) is 13.2. The predicted molar refractivity (Wildman–Crippen MR) is 71.0 cm³/mol. The van der Waals surface area contributed by atoms with Gasteiger partial charge in [0.1, 0.15) is 5.75 Å². The van der Waals surface area contributed by atoms with Gasteiger partial charge in [0.05, 0.1) is 0 Å². The smallest absolute Gasteiger partial charge is 0.216 e. The van der Waals surface area contributed by atoms with Crippen molar-refractivity contribution in [1.29, 1.82) is 0 Å². The van der Waals surface area contributed by atoms with E-state index in [1.807, 2.05) is 0 Å². The minimum atomic E-state index is -0.0707. The van der Waals surface area contributed by atoms with Crippen molar-refractivity contribution in [2.24, 2.45) is 0 Å². The van der Waals surface area contributed by atoms with Crippen LogP contribution in [0, 0.1) is 0 Å². The third kappa shape index (κ3) is 5.72. The van der Waals surface area contributed by atoms with E-state index in [2.05, 4.69) is 16.0 Å². The van der Waals surface area contributed by atoms with Gasteiger partial charge in [0.15, 0.2) is 5.11 Å². The molecule has 0 unspecified atom stereocenters. The molecule has 0 aliphatic heterocycles. The normalized spacial score (nSPS) is 9.47. The van der Waals surface area contributed by atoms with E-state index in [1.165, 1.54) is 6.92 Å². The summed E-state index contributed by atoms with van der Waals surface area (Å²) in [4.78, 5) is 10.6. The highest BCUT2D eigenvalue weighted by Gasteiger charge is 1.98. The number of hydrogen-bond donors (Lipinski definition) is 4. The summed E-state index contributed by atoms with van der Waals surface area (Å²) in [6.07, 6.45) is 0. The minimum Gasteiger partial charge on any atom is -0.508 e. The lowest BCUT2D eigenvalue weighted by molar-refractivity contribution is -0.118. The van der Waals surface area contributed by atoms with Gasteiger partial charge in [-0.25, -0.2) is 0 Å². The van der Waals surface area contributed by atoms with E-state index in [1.54, 1.807) is 24.3 Å². The fourth-order valence-corrected chi connectivity index (χ4v) is 1.39. The molecule has 0 aromatic heterocycles. The number of amides is 1. The summed E-state index contributed by atoms with van der Waals surface area (Å²) in [5, 5.41) is 18.2. The number of rotatable bonds is 4. The quantitative estimate of drug-likeness (QED) is 0.472. The second kappa shape index (κ2) is 6.70. The minimum absolute atomic E-state index is 0.0707. The molecule has 0 atom stereocenters. The Morgan fingerprint density at radius 3 is 2.71 bits per heavy atom. The van der Waals surface area contributed by atoms with Crippen LogP contribution < -0.4 is 16.0 Å². The molecule has 5 nitrogen and oxygen atoms in total. The number of hydrogen-bond acceptors (Lipinski definition) is 3. The van der Waals surface area contributed by atoms with Crippen molar-refractivity contribution in [1.82, 2.24) is 10.6 Å². The zero-order chi connectivity index (χ0) is 12.7. The monoisotopic (exact) mass is 253 g/mol. The van der Waals surface area contributed by atoms with Crippen LogP contribution in [0.2, 0.25) is 0 Å². The van der Waals surface area contributed by atoms with Crippen LogP contribution in [0.5, 0.6) is 5.75 Å². The summed E-state index contributed by atoms with van der Waals surface area (Å²) >= 11 is 5.04. The van der Waals surface area contributed by atoms with Crippen molar-refractivity contribution in [2.75, 3.05) is 18.4 Å². The molecule has 17 heavy (non-hydrogen) atoms. The number of carbonyl (C=O) groups excluding carboxylic acids is 1. The molecule has 1 aromatic rings. The van der Waals surface area contributed by atoms with E-state index in [-0.39, 0.29) is 11.7 Å². The van der Waals surface area contributed by atoms with E-state index >= 15 is 0 Å². The van der Waals surface area contributed by atoms with Gasteiger partial charge < -0.3 is 21.1 Å². The lowest BCUT2D eigenvalue weighted by atomic mass is 10.3. The van der Waals surface area contributed by atoms with E-state index in [9.17, 15) is 9.90 Å². The van der Waals surface area contributed by atoms with E-state index < -0.39 is 0 Å². The highest BCUT2D eigenvalue weighted by molar-refractivity contribution is 7.80. The summed E-state index contributed by atoms with van der Waals surface area (Å²) in [7, 11) is 0. The Bertz CT molecular complexity index is 409. The highest BCUT2D eigenvalue weighted by atomic mass is 32.1. The van der Waals surface area contributed by atoms with Gasteiger partial charge in [0.25, 0.3) is 0 Å². The van der Waals surface area contributed by atoms with Crippen LogP contribution in [0.4, 0.5) is 5.69 Å². The summed E-state index contributed by atoms with van der Waals surface area (Å²) in [5.41, 5.74) is 0.710. The Labute approximate surface area is 105 Å². The largest absolute Gasteiger partial charge is 0.508 e.